The Morgan fingerprint density at radius 3 is 1.10 bits per heavy atom. The van der Waals surface area contributed by atoms with Crippen molar-refractivity contribution in [3.63, 3.8) is 0 Å². The Kier molecular flexibility index (Phi) is 51.5. The lowest BCUT2D eigenvalue weighted by Crippen LogP contribution is -2.35. The van der Waals surface area contributed by atoms with Gasteiger partial charge in [0.15, 0.2) is 0 Å². The molecule has 4 saturated carbocycles. The topological polar surface area (TPSA) is 90.6 Å². The summed E-state index contributed by atoms with van der Waals surface area (Å²) in [6.07, 6.45) is 26.9. The van der Waals surface area contributed by atoms with E-state index in [0.29, 0.717) is 60.6 Å². The average Bonchev–Trinajstić information content (AvgIpc) is 4.45. The minimum atomic E-state index is -0.195. The molecular formula is C79H140ClFN6O2. The second-order valence-electron chi connectivity index (χ2n) is 28.1. The number of ether oxygens (including phenoxy) is 2. The fourth-order valence-electron chi connectivity index (χ4n) is 11.0. The highest BCUT2D eigenvalue weighted by atomic mass is 35.5. The van der Waals surface area contributed by atoms with Crippen molar-refractivity contribution in [2.24, 2.45) is 17.8 Å². The summed E-state index contributed by atoms with van der Waals surface area (Å²) in [4.78, 5) is 0. The molecule has 89 heavy (non-hydrogen) atoms. The number of hydrogen-bond acceptors (Lipinski definition) is 8. The Balaban J connectivity index is 0.000000982. The van der Waals surface area contributed by atoms with E-state index in [-0.39, 0.29) is 5.82 Å². The predicted molar refractivity (Wildman–Crippen MR) is 395 cm³/mol. The number of halogens is 2. The van der Waals surface area contributed by atoms with E-state index in [1.54, 1.807) is 12.1 Å². The molecule has 0 heterocycles. The zero-order valence-electron chi connectivity index (χ0n) is 61.1. The molecule has 1 atom stereocenters. The molecule has 0 aliphatic heterocycles. The summed E-state index contributed by atoms with van der Waals surface area (Å²) in [6.45, 7) is 46.3. The number of nitrogens with one attached hydrogen (secondary N) is 6. The van der Waals surface area contributed by atoms with E-state index in [0.717, 1.165) is 52.8 Å². The first-order chi connectivity index (χ1) is 42.1. The van der Waals surface area contributed by atoms with Crippen LogP contribution in [0.1, 0.15) is 267 Å². The number of anilines is 3. The fraction of sp³-hybridized carbons (Fsp3) is 0.696. The molecule has 4 aromatic rings. The molecular weight excluding hydrogens is 1120 g/mol. The minimum absolute atomic E-state index is 0.195. The minimum Gasteiger partial charge on any atom is -0.383 e. The van der Waals surface area contributed by atoms with Crippen LogP contribution in [0.25, 0.3) is 0 Å². The quantitative estimate of drug-likeness (QED) is 0.0554. The Hall–Kier alpha value is -3.70. The smallest absolute Gasteiger partial charge is 0.123 e. The second kappa shape index (κ2) is 53.8. The molecule has 6 N–H and O–H groups in total. The molecule has 0 radical (unpaired) electrons. The Morgan fingerprint density at radius 2 is 0.753 bits per heavy atom. The van der Waals surface area contributed by atoms with E-state index in [2.05, 4.69) is 174 Å². The van der Waals surface area contributed by atoms with Gasteiger partial charge in [0, 0.05) is 76.5 Å². The Labute approximate surface area is 555 Å². The Bertz CT molecular complexity index is 2030. The van der Waals surface area contributed by atoms with Crippen molar-refractivity contribution >= 4 is 28.7 Å². The predicted octanol–water partition coefficient (Wildman–Crippen LogP) is 22.8. The summed E-state index contributed by atoms with van der Waals surface area (Å²) >= 11 is 5.72. The highest BCUT2D eigenvalue weighted by Gasteiger charge is 2.22. The van der Waals surface area contributed by atoms with Gasteiger partial charge < -0.3 is 41.4 Å². The zero-order chi connectivity index (χ0) is 66.9. The van der Waals surface area contributed by atoms with Crippen LogP contribution in [0.2, 0.25) is 5.02 Å². The van der Waals surface area contributed by atoms with Gasteiger partial charge in [-0.3, -0.25) is 0 Å². The monoisotopic (exact) mass is 1260 g/mol. The van der Waals surface area contributed by atoms with Crippen molar-refractivity contribution in [1.29, 1.82) is 0 Å². The van der Waals surface area contributed by atoms with E-state index in [1.165, 1.54) is 139 Å². The number of para-hydroxylation sites is 1. The number of hydrogen-bond donors (Lipinski definition) is 6. The molecule has 4 fully saturated rings. The summed E-state index contributed by atoms with van der Waals surface area (Å²) in [7, 11) is 0. The molecule has 0 amide bonds. The molecule has 4 aliphatic carbocycles. The normalized spacial score (nSPS) is 15.6. The second-order valence-corrected chi connectivity index (χ2v) is 28.6. The van der Waals surface area contributed by atoms with Crippen LogP contribution in [0.4, 0.5) is 21.5 Å². The molecule has 0 saturated heterocycles. The third-order valence-corrected chi connectivity index (χ3v) is 15.5. The first-order valence-electron chi connectivity index (χ1n) is 35.6. The summed E-state index contributed by atoms with van der Waals surface area (Å²) in [5, 5.41) is 20.9. The maximum absolute atomic E-state index is 12.4. The highest BCUT2D eigenvalue weighted by molar-refractivity contribution is 6.30. The zero-order valence-corrected chi connectivity index (χ0v) is 61.8. The first-order valence-corrected chi connectivity index (χ1v) is 36.0. The van der Waals surface area contributed by atoms with Gasteiger partial charge in [0.1, 0.15) is 5.82 Å². The van der Waals surface area contributed by atoms with Gasteiger partial charge in [0.05, 0.1) is 24.9 Å². The maximum atomic E-state index is 12.4. The highest BCUT2D eigenvalue weighted by Crippen LogP contribution is 2.33. The van der Waals surface area contributed by atoms with Crippen molar-refractivity contribution in [2.45, 2.75) is 340 Å². The molecule has 0 spiro atoms. The van der Waals surface area contributed by atoms with Gasteiger partial charge in [0.25, 0.3) is 0 Å². The van der Waals surface area contributed by atoms with Crippen molar-refractivity contribution in [2.75, 3.05) is 16.0 Å². The summed E-state index contributed by atoms with van der Waals surface area (Å²) < 4.78 is 23.4. The van der Waals surface area contributed by atoms with Crippen LogP contribution in [0.15, 0.2) is 109 Å². The molecule has 10 heteroatoms. The molecule has 4 aromatic carbocycles. The van der Waals surface area contributed by atoms with Crippen molar-refractivity contribution in [3.05, 3.63) is 126 Å². The number of rotatable bonds is 19. The van der Waals surface area contributed by atoms with Crippen LogP contribution in [0.3, 0.4) is 0 Å². The fourth-order valence-corrected chi connectivity index (χ4v) is 11.2. The van der Waals surface area contributed by atoms with Gasteiger partial charge in [-0.15, -0.1) is 0 Å². The molecule has 0 bridgehead atoms. The Morgan fingerprint density at radius 1 is 0.393 bits per heavy atom. The lowest BCUT2D eigenvalue weighted by atomic mass is 9.76. The lowest BCUT2D eigenvalue weighted by Gasteiger charge is -2.30. The van der Waals surface area contributed by atoms with Crippen LogP contribution in [-0.4, -0.2) is 72.7 Å². The molecule has 8 nitrogen and oxygen atoms in total. The average molecular weight is 1260 g/mol. The standard InChI is InChI=1S/C11H22.C10H14O.C9H12ClN.C9H12FN.C9H19N.C9H13N.C8H17N.C8H16O.C6H15N/c1-9(2)10(3)11-7-5-4-6-8-11;1-9(2)11-8-10-6-4-3-5-7-10;2*1-7(2)11-9-5-3-8(10)4-6-9;2*1-8(2)10-9-6-4-3-5-7-9;2*1-7(2)9-8-5-3-4-6-8;1-5(2)7-6(3)4/h9-11H,4-8H2,1-3H3;3-7,9H,8H2,1-2H3;2*3-7,11H,1-2H3;8-10H,3-7H2,1-2H3;3-8,10H,1-2H3;7-9H,3-6H2,1-2H3;7-8H,3-6H2,1-2H3;5-7H,1-4H3. The summed E-state index contributed by atoms with van der Waals surface area (Å²) in [6, 6.07) is 40.1. The van der Waals surface area contributed by atoms with E-state index < -0.39 is 0 Å². The van der Waals surface area contributed by atoms with Crippen LogP contribution in [-0.2, 0) is 16.1 Å². The van der Waals surface area contributed by atoms with Crippen LogP contribution in [0.5, 0.6) is 0 Å². The van der Waals surface area contributed by atoms with E-state index in [4.69, 9.17) is 21.1 Å². The maximum Gasteiger partial charge on any atom is 0.123 e. The van der Waals surface area contributed by atoms with Crippen LogP contribution < -0.4 is 31.9 Å². The summed E-state index contributed by atoms with van der Waals surface area (Å²) in [5.74, 6) is 2.69. The number of benzene rings is 4. The van der Waals surface area contributed by atoms with Gasteiger partial charge in [-0.2, -0.15) is 0 Å². The van der Waals surface area contributed by atoms with Crippen LogP contribution in [0, 0.1) is 23.6 Å². The van der Waals surface area contributed by atoms with E-state index in [1.807, 2.05) is 88.4 Å². The third kappa shape index (κ3) is 53.5. The summed E-state index contributed by atoms with van der Waals surface area (Å²) in [5.41, 5.74) is 4.50. The molecule has 4 aliphatic rings. The van der Waals surface area contributed by atoms with Gasteiger partial charge in [-0.05, 0) is 192 Å². The van der Waals surface area contributed by atoms with Crippen molar-refractivity contribution in [3.8, 4) is 0 Å². The molecule has 8 rings (SSSR count). The SMILES string of the molecule is CC(C)C(C)C1CCCCC1.CC(C)NC(C)C.CC(C)NC1CCCC1.CC(C)NC1CCCCC1.CC(C)Nc1ccc(Cl)cc1.CC(C)Nc1ccc(F)cc1.CC(C)Nc1ccccc1.CC(C)OC1CCCC1.CC(C)OCc1ccccc1. The molecule has 1 unspecified atom stereocenters. The van der Waals surface area contributed by atoms with Crippen molar-refractivity contribution in [1.82, 2.24) is 16.0 Å². The van der Waals surface area contributed by atoms with Gasteiger partial charge in [0.2, 0.25) is 0 Å². The third-order valence-electron chi connectivity index (χ3n) is 15.2. The largest absolute Gasteiger partial charge is 0.383 e. The van der Waals surface area contributed by atoms with Crippen molar-refractivity contribution < 1.29 is 13.9 Å². The molecule has 0 aromatic heterocycles. The molecule has 512 valence electrons. The van der Waals surface area contributed by atoms with Gasteiger partial charge >= 0.3 is 0 Å². The van der Waals surface area contributed by atoms with E-state index in [9.17, 15) is 4.39 Å². The van der Waals surface area contributed by atoms with Gasteiger partial charge in [-0.25, -0.2) is 4.39 Å². The first kappa shape index (κ1) is 85.3. The van der Waals surface area contributed by atoms with Gasteiger partial charge in [-0.1, -0.05) is 213 Å². The van der Waals surface area contributed by atoms with E-state index >= 15 is 0 Å². The lowest BCUT2D eigenvalue weighted by molar-refractivity contribution is 0.0126. The van der Waals surface area contributed by atoms with Crippen LogP contribution >= 0.6 is 11.6 Å².